The lowest BCUT2D eigenvalue weighted by molar-refractivity contribution is 0.370. The van der Waals surface area contributed by atoms with Gasteiger partial charge < -0.3 is 9.30 Å². The zero-order chi connectivity index (χ0) is 14.5. The van der Waals surface area contributed by atoms with Crippen molar-refractivity contribution in [3.05, 3.63) is 51.2 Å². The molecule has 0 N–H and O–H groups in total. The minimum Gasteiger partial charge on any atom is -0.481 e. The number of hydrogen-bond acceptors (Lipinski definition) is 2. The van der Waals surface area contributed by atoms with E-state index in [1.807, 2.05) is 30.3 Å². The number of hydrogen-bond donors (Lipinski definition) is 0. The van der Waals surface area contributed by atoms with Crippen LogP contribution in [0.4, 0.5) is 0 Å². The van der Waals surface area contributed by atoms with E-state index in [4.69, 9.17) is 4.74 Å². The molecule has 0 spiro atoms. The Morgan fingerprint density at radius 1 is 1.20 bits per heavy atom. The van der Waals surface area contributed by atoms with Crippen LogP contribution in [0.25, 0.3) is 11.3 Å². The quantitative estimate of drug-likeness (QED) is 0.808. The summed E-state index contributed by atoms with van der Waals surface area (Å²) in [5.41, 5.74) is 1.77. The Morgan fingerprint density at radius 3 is 2.55 bits per heavy atom. The molecule has 4 heteroatoms. The zero-order valence-electron chi connectivity index (χ0n) is 11.3. The molecule has 20 heavy (non-hydrogen) atoms. The van der Waals surface area contributed by atoms with Gasteiger partial charge in [-0.05, 0) is 64.8 Å². The van der Waals surface area contributed by atoms with Crippen molar-refractivity contribution in [3.8, 4) is 28.8 Å². The van der Waals surface area contributed by atoms with Gasteiger partial charge in [0.25, 0.3) is 5.56 Å². The second-order valence-electron chi connectivity index (χ2n) is 4.17. The second kappa shape index (κ2) is 6.44. The molecule has 0 bridgehead atoms. The third-order valence-electron chi connectivity index (χ3n) is 2.90. The summed E-state index contributed by atoms with van der Waals surface area (Å²) in [6, 6.07) is 11.3. The van der Waals surface area contributed by atoms with Gasteiger partial charge in [0, 0.05) is 7.05 Å². The van der Waals surface area contributed by atoms with E-state index in [9.17, 15) is 4.79 Å². The highest BCUT2D eigenvalue weighted by molar-refractivity contribution is 9.10. The van der Waals surface area contributed by atoms with Crippen LogP contribution in [0.3, 0.4) is 0 Å². The molecule has 0 fully saturated rings. The van der Waals surface area contributed by atoms with Crippen LogP contribution < -0.4 is 10.3 Å². The molecular formula is C16H14BrNO2. The number of rotatable bonds is 3. The van der Waals surface area contributed by atoms with E-state index >= 15 is 0 Å². The monoisotopic (exact) mass is 331 g/mol. The normalized spacial score (nSPS) is 9.75. The first kappa shape index (κ1) is 14.4. The fourth-order valence-corrected chi connectivity index (χ4v) is 2.21. The lowest BCUT2D eigenvalue weighted by atomic mass is 10.1. The van der Waals surface area contributed by atoms with Gasteiger partial charge in [0.15, 0.2) is 0 Å². The molecular weight excluding hydrogens is 318 g/mol. The largest absolute Gasteiger partial charge is 0.481 e. The fraction of sp³-hybridized carbons (Fsp3) is 0.188. The first-order valence-corrected chi connectivity index (χ1v) is 6.91. The summed E-state index contributed by atoms with van der Waals surface area (Å²) < 4.78 is 7.63. The van der Waals surface area contributed by atoms with Crippen molar-refractivity contribution in [2.45, 2.75) is 6.92 Å². The van der Waals surface area contributed by atoms with Gasteiger partial charge in [0.05, 0.1) is 10.2 Å². The van der Waals surface area contributed by atoms with Crippen molar-refractivity contribution >= 4 is 15.9 Å². The molecule has 0 unspecified atom stereocenters. The number of nitrogens with zero attached hydrogens (tertiary/aromatic N) is 1. The first-order chi connectivity index (χ1) is 9.63. The predicted octanol–water partition coefficient (Wildman–Crippen LogP) is 3.22. The van der Waals surface area contributed by atoms with Crippen LogP contribution in [-0.2, 0) is 7.05 Å². The topological polar surface area (TPSA) is 31.2 Å². The molecule has 102 valence electrons. The molecule has 0 radical (unpaired) electrons. The van der Waals surface area contributed by atoms with Crippen molar-refractivity contribution < 1.29 is 4.74 Å². The molecule has 0 aliphatic heterocycles. The zero-order valence-corrected chi connectivity index (χ0v) is 12.9. The highest BCUT2D eigenvalue weighted by Crippen LogP contribution is 2.22. The number of halogens is 1. The summed E-state index contributed by atoms with van der Waals surface area (Å²) in [4.78, 5) is 11.9. The Hall–Kier alpha value is -1.99. The Morgan fingerprint density at radius 2 is 1.90 bits per heavy atom. The van der Waals surface area contributed by atoms with Gasteiger partial charge in [-0.15, -0.1) is 5.92 Å². The molecule has 2 aromatic rings. The van der Waals surface area contributed by atoms with Crippen LogP contribution in [0.5, 0.6) is 5.75 Å². The van der Waals surface area contributed by atoms with Gasteiger partial charge in [-0.25, -0.2) is 0 Å². The van der Waals surface area contributed by atoms with Crippen molar-refractivity contribution in [1.82, 2.24) is 4.57 Å². The average Bonchev–Trinajstić information content (AvgIpc) is 2.46. The Balaban J connectivity index is 2.28. The summed E-state index contributed by atoms with van der Waals surface area (Å²) in [5.74, 6) is 6.38. The standard InChI is InChI=1S/C16H14BrNO2/c1-3-4-11-20-13-7-5-12(6-8-13)15-10-9-14(17)16(19)18(15)2/h5-10H,11H2,1-2H3. The lowest BCUT2D eigenvalue weighted by Gasteiger charge is -2.09. The van der Waals surface area contributed by atoms with Gasteiger partial charge in [0.1, 0.15) is 12.4 Å². The van der Waals surface area contributed by atoms with E-state index in [0.717, 1.165) is 17.0 Å². The molecule has 0 aliphatic rings. The SMILES string of the molecule is CC#CCOc1ccc(-c2ccc(Br)c(=O)n2C)cc1. The van der Waals surface area contributed by atoms with Crippen molar-refractivity contribution in [2.24, 2.45) is 7.05 Å². The maximum absolute atomic E-state index is 11.9. The van der Waals surface area contributed by atoms with E-state index < -0.39 is 0 Å². The van der Waals surface area contributed by atoms with E-state index in [1.54, 1.807) is 24.6 Å². The van der Waals surface area contributed by atoms with E-state index in [0.29, 0.717) is 11.1 Å². The van der Waals surface area contributed by atoms with Crippen molar-refractivity contribution in [2.75, 3.05) is 6.61 Å². The summed E-state index contributed by atoms with van der Waals surface area (Å²) in [6.45, 7) is 2.16. The van der Waals surface area contributed by atoms with Crippen molar-refractivity contribution in [1.29, 1.82) is 0 Å². The van der Waals surface area contributed by atoms with Crippen LogP contribution in [0.15, 0.2) is 45.7 Å². The number of benzene rings is 1. The maximum atomic E-state index is 11.9. The van der Waals surface area contributed by atoms with Crippen LogP contribution >= 0.6 is 15.9 Å². The Labute approximate surface area is 126 Å². The Kier molecular flexibility index (Phi) is 4.65. The summed E-state index contributed by atoms with van der Waals surface area (Å²) in [7, 11) is 1.75. The molecule has 0 saturated carbocycles. The third kappa shape index (κ3) is 3.12. The van der Waals surface area contributed by atoms with Gasteiger partial charge in [-0.2, -0.15) is 0 Å². The minimum atomic E-state index is -0.0546. The van der Waals surface area contributed by atoms with E-state index in [-0.39, 0.29) is 5.56 Å². The summed E-state index contributed by atoms with van der Waals surface area (Å²) in [5, 5.41) is 0. The molecule has 0 amide bonds. The highest BCUT2D eigenvalue weighted by Gasteiger charge is 2.06. The number of pyridine rings is 1. The first-order valence-electron chi connectivity index (χ1n) is 6.12. The molecule has 1 aromatic heterocycles. The lowest BCUT2D eigenvalue weighted by Crippen LogP contribution is -2.18. The fourth-order valence-electron chi connectivity index (χ4n) is 1.81. The van der Waals surface area contributed by atoms with E-state index in [1.165, 1.54) is 0 Å². The van der Waals surface area contributed by atoms with Gasteiger partial charge in [-0.3, -0.25) is 4.79 Å². The molecule has 0 aliphatic carbocycles. The minimum absolute atomic E-state index is 0.0546. The van der Waals surface area contributed by atoms with Crippen LogP contribution in [0.1, 0.15) is 6.92 Å². The van der Waals surface area contributed by atoms with Gasteiger partial charge in [-0.1, -0.05) is 5.92 Å². The molecule has 1 aromatic carbocycles. The maximum Gasteiger partial charge on any atom is 0.265 e. The summed E-state index contributed by atoms with van der Waals surface area (Å²) in [6.07, 6.45) is 0. The second-order valence-corrected chi connectivity index (χ2v) is 5.02. The average molecular weight is 332 g/mol. The van der Waals surface area contributed by atoms with E-state index in [2.05, 4.69) is 27.8 Å². The van der Waals surface area contributed by atoms with Crippen LogP contribution in [0.2, 0.25) is 0 Å². The predicted molar refractivity (Wildman–Crippen MR) is 83.8 cm³/mol. The molecule has 0 atom stereocenters. The van der Waals surface area contributed by atoms with Crippen LogP contribution in [-0.4, -0.2) is 11.2 Å². The molecule has 1 heterocycles. The van der Waals surface area contributed by atoms with Gasteiger partial charge >= 0.3 is 0 Å². The summed E-state index contributed by atoms with van der Waals surface area (Å²) >= 11 is 3.23. The molecule has 2 rings (SSSR count). The molecule has 3 nitrogen and oxygen atoms in total. The highest BCUT2D eigenvalue weighted by atomic mass is 79.9. The third-order valence-corrected chi connectivity index (χ3v) is 3.50. The van der Waals surface area contributed by atoms with Crippen LogP contribution in [0, 0.1) is 11.8 Å². The smallest absolute Gasteiger partial charge is 0.265 e. The number of aromatic nitrogens is 1. The van der Waals surface area contributed by atoms with Gasteiger partial charge in [0.2, 0.25) is 0 Å². The Bertz CT molecular complexity index is 721. The van der Waals surface area contributed by atoms with Crippen molar-refractivity contribution in [3.63, 3.8) is 0 Å². The molecule has 0 saturated heterocycles. The number of ether oxygens (including phenoxy) is 1.